The number of amides is 1. The zero-order chi connectivity index (χ0) is 24.8. The molecule has 9 nitrogen and oxygen atoms in total. The highest BCUT2D eigenvalue weighted by molar-refractivity contribution is 7.92. The molecular weight excluding hydrogens is 466 g/mol. The van der Waals surface area contributed by atoms with Gasteiger partial charge < -0.3 is 10.1 Å². The summed E-state index contributed by atoms with van der Waals surface area (Å²) in [5.74, 6) is 0.312. The number of sulfonamides is 1. The van der Waals surface area contributed by atoms with Gasteiger partial charge in [-0.15, -0.1) is 0 Å². The van der Waals surface area contributed by atoms with Gasteiger partial charge in [-0.2, -0.15) is 5.10 Å². The standard InChI is InChI=1S/C25H25N5O4S/c1-3-34-23-12-10-21(11-13-23)29-35(32,33)24-14-22(9-4-18(24)2)28-25(31)20-7-5-19(6-8-20)15-30-17-26-16-27-30/h4-14,16-17,29H,3,15H2,1-2H3,(H,28,31). The molecule has 4 rings (SSSR count). The van der Waals surface area contributed by atoms with Crippen molar-refractivity contribution in [3.05, 3.63) is 96.1 Å². The molecule has 0 bridgehead atoms. The first-order valence-electron chi connectivity index (χ1n) is 10.9. The molecule has 0 aliphatic carbocycles. The predicted octanol–water partition coefficient (Wildman–Crippen LogP) is 4.09. The molecule has 0 unspecified atom stereocenters. The van der Waals surface area contributed by atoms with Crippen molar-refractivity contribution in [3.63, 3.8) is 0 Å². The summed E-state index contributed by atoms with van der Waals surface area (Å²) in [6.45, 7) is 4.64. The maximum absolute atomic E-state index is 13.0. The average molecular weight is 492 g/mol. The smallest absolute Gasteiger partial charge is 0.262 e. The maximum atomic E-state index is 13.0. The fourth-order valence-electron chi connectivity index (χ4n) is 3.43. The summed E-state index contributed by atoms with van der Waals surface area (Å²) in [5.41, 5.74) is 2.76. The van der Waals surface area contributed by atoms with E-state index in [9.17, 15) is 13.2 Å². The highest BCUT2D eigenvalue weighted by Gasteiger charge is 2.18. The lowest BCUT2D eigenvalue weighted by Crippen LogP contribution is -2.16. The Morgan fingerprint density at radius 3 is 2.37 bits per heavy atom. The zero-order valence-corrected chi connectivity index (χ0v) is 20.1. The SMILES string of the molecule is CCOc1ccc(NS(=O)(=O)c2cc(NC(=O)c3ccc(Cn4cncn4)cc3)ccc2C)cc1. The maximum Gasteiger partial charge on any atom is 0.262 e. The average Bonchev–Trinajstić information content (AvgIpc) is 3.35. The Balaban J connectivity index is 1.46. The van der Waals surface area contributed by atoms with Crippen LogP contribution in [0.4, 0.5) is 11.4 Å². The molecule has 10 heteroatoms. The van der Waals surface area contributed by atoms with E-state index in [4.69, 9.17) is 4.74 Å². The first kappa shape index (κ1) is 24.0. The summed E-state index contributed by atoms with van der Waals surface area (Å²) in [4.78, 5) is 16.7. The van der Waals surface area contributed by atoms with Crippen LogP contribution in [0.15, 0.2) is 84.3 Å². The lowest BCUT2D eigenvalue weighted by molar-refractivity contribution is 0.102. The third kappa shape index (κ3) is 6.04. The first-order valence-corrected chi connectivity index (χ1v) is 12.4. The van der Waals surface area contributed by atoms with Crippen LogP contribution in [0.1, 0.15) is 28.4 Å². The Kier molecular flexibility index (Phi) is 7.11. The molecule has 0 spiro atoms. The number of aromatic nitrogens is 3. The number of aryl methyl sites for hydroxylation is 1. The van der Waals surface area contributed by atoms with Crippen molar-refractivity contribution in [1.29, 1.82) is 0 Å². The molecule has 0 atom stereocenters. The van der Waals surface area contributed by atoms with E-state index < -0.39 is 10.0 Å². The van der Waals surface area contributed by atoms with E-state index in [1.807, 2.05) is 19.1 Å². The van der Waals surface area contributed by atoms with E-state index >= 15 is 0 Å². The van der Waals surface area contributed by atoms with Crippen molar-refractivity contribution in [1.82, 2.24) is 14.8 Å². The third-order valence-corrected chi connectivity index (χ3v) is 6.70. The fraction of sp³-hybridized carbons (Fsp3) is 0.160. The number of hydrogen-bond donors (Lipinski definition) is 2. The summed E-state index contributed by atoms with van der Waals surface area (Å²) < 4.78 is 35.7. The summed E-state index contributed by atoms with van der Waals surface area (Å²) >= 11 is 0. The van der Waals surface area contributed by atoms with Crippen molar-refractivity contribution in [2.24, 2.45) is 0 Å². The number of hydrogen-bond acceptors (Lipinski definition) is 6. The minimum atomic E-state index is -3.88. The Morgan fingerprint density at radius 2 is 1.71 bits per heavy atom. The van der Waals surface area contributed by atoms with Crippen molar-refractivity contribution >= 4 is 27.3 Å². The van der Waals surface area contributed by atoms with E-state index in [-0.39, 0.29) is 10.8 Å². The van der Waals surface area contributed by atoms with Gasteiger partial charge in [0.05, 0.1) is 18.0 Å². The van der Waals surface area contributed by atoms with Crippen molar-refractivity contribution in [2.75, 3.05) is 16.6 Å². The van der Waals surface area contributed by atoms with Crippen LogP contribution in [0.5, 0.6) is 5.75 Å². The number of nitrogens with one attached hydrogen (secondary N) is 2. The van der Waals surface area contributed by atoms with Crippen LogP contribution in [0.2, 0.25) is 0 Å². The van der Waals surface area contributed by atoms with Gasteiger partial charge in [-0.25, -0.2) is 18.1 Å². The molecular formula is C25H25N5O4S. The van der Waals surface area contributed by atoms with E-state index in [0.717, 1.165) is 5.56 Å². The van der Waals surface area contributed by atoms with E-state index in [1.165, 1.54) is 12.4 Å². The molecule has 1 heterocycles. The number of nitrogens with zero attached hydrogens (tertiary/aromatic N) is 3. The molecule has 0 saturated carbocycles. The lowest BCUT2D eigenvalue weighted by atomic mass is 10.1. The Labute approximate surface area is 203 Å². The van der Waals surface area contributed by atoms with E-state index in [2.05, 4.69) is 20.1 Å². The Bertz CT molecular complexity index is 1400. The topological polar surface area (TPSA) is 115 Å². The molecule has 4 aromatic rings. The Morgan fingerprint density at radius 1 is 1.00 bits per heavy atom. The fourth-order valence-corrected chi connectivity index (χ4v) is 4.76. The van der Waals surface area contributed by atoms with Crippen molar-refractivity contribution < 1.29 is 17.9 Å². The third-order valence-electron chi connectivity index (χ3n) is 5.18. The highest BCUT2D eigenvalue weighted by Crippen LogP contribution is 2.24. The largest absolute Gasteiger partial charge is 0.494 e. The van der Waals surface area contributed by atoms with Crippen molar-refractivity contribution in [2.45, 2.75) is 25.3 Å². The van der Waals surface area contributed by atoms with Crippen LogP contribution in [0.25, 0.3) is 0 Å². The van der Waals surface area contributed by atoms with Crippen LogP contribution < -0.4 is 14.8 Å². The van der Waals surface area contributed by atoms with Crippen LogP contribution in [0, 0.1) is 6.92 Å². The second kappa shape index (κ2) is 10.4. The number of anilines is 2. The number of rotatable bonds is 9. The summed E-state index contributed by atoms with van der Waals surface area (Å²) in [6.07, 6.45) is 3.08. The molecule has 180 valence electrons. The molecule has 0 saturated heterocycles. The van der Waals surface area contributed by atoms with Crippen LogP contribution in [0.3, 0.4) is 0 Å². The molecule has 0 aliphatic heterocycles. The second-order valence-corrected chi connectivity index (χ2v) is 9.44. The molecule has 1 aromatic heterocycles. The zero-order valence-electron chi connectivity index (χ0n) is 19.3. The van der Waals surface area contributed by atoms with Gasteiger partial charge in [-0.1, -0.05) is 18.2 Å². The second-order valence-electron chi connectivity index (χ2n) is 7.79. The van der Waals surface area contributed by atoms with Gasteiger partial charge in [0.25, 0.3) is 15.9 Å². The molecule has 35 heavy (non-hydrogen) atoms. The van der Waals surface area contributed by atoms with Gasteiger partial charge in [0.2, 0.25) is 0 Å². The summed E-state index contributed by atoms with van der Waals surface area (Å²) in [7, 11) is -3.88. The molecule has 0 fully saturated rings. The van der Waals surface area contributed by atoms with Crippen LogP contribution >= 0.6 is 0 Å². The van der Waals surface area contributed by atoms with Gasteiger partial charge in [0, 0.05) is 16.9 Å². The number of ether oxygens (including phenoxy) is 1. The first-order chi connectivity index (χ1) is 16.8. The monoisotopic (exact) mass is 491 g/mol. The quantitative estimate of drug-likeness (QED) is 0.364. The van der Waals surface area contributed by atoms with Gasteiger partial charge >= 0.3 is 0 Å². The number of benzene rings is 3. The molecule has 2 N–H and O–H groups in total. The van der Waals surface area contributed by atoms with Gasteiger partial charge in [0.15, 0.2) is 0 Å². The van der Waals surface area contributed by atoms with E-state index in [1.54, 1.807) is 66.5 Å². The van der Waals surface area contributed by atoms with Crippen molar-refractivity contribution in [3.8, 4) is 5.75 Å². The van der Waals surface area contributed by atoms with Gasteiger partial charge in [-0.3, -0.25) is 9.52 Å². The van der Waals surface area contributed by atoms with Crippen LogP contribution in [-0.4, -0.2) is 35.7 Å². The minimum Gasteiger partial charge on any atom is -0.494 e. The minimum absolute atomic E-state index is 0.0763. The summed E-state index contributed by atoms with van der Waals surface area (Å²) in [6, 6.07) is 18.5. The molecule has 1 amide bonds. The van der Waals surface area contributed by atoms with Crippen LogP contribution in [-0.2, 0) is 16.6 Å². The predicted molar refractivity (Wildman–Crippen MR) is 133 cm³/mol. The number of carbonyl (C=O) groups is 1. The molecule has 0 radical (unpaired) electrons. The van der Waals surface area contributed by atoms with Gasteiger partial charge in [0.1, 0.15) is 18.4 Å². The molecule has 3 aromatic carbocycles. The van der Waals surface area contributed by atoms with Gasteiger partial charge in [-0.05, 0) is 73.5 Å². The Hall–Kier alpha value is -4.18. The van der Waals surface area contributed by atoms with E-state index in [0.29, 0.717) is 41.4 Å². The lowest BCUT2D eigenvalue weighted by Gasteiger charge is -2.13. The molecule has 0 aliphatic rings. The summed E-state index contributed by atoms with van der Waals surface area (Å²) in [5, 5.41) is 6.84. The highest BCUT2D eigenvalue weighted by atomic mass is 32.2. The number of carbonyl (C=O) groups excluding carboxylic acids is 1. The normalized spacial score (nSPS) is 11.1.